The van der Waals surface area contributed by atoms with E-state index < -0.39 is 0 Å². The first-order valence-corrected chi connectivity index (χ1v) is 5.46. The van der Waals surface area contributed by atoms with Crippen LogP contribution < -0.4 is 4.74 Å². The number of nitrogens with zero attached hydrogens (tertiary/aromatic N) is 2. The van der Waals surface area contributed by atoms with Crippen molar-refractivity contribution in [2.45, 2.75) is 19.9 Å². The zero-order valence-electron chi connectivity index (χ0n) is 10.1. The molecule has 1 rings (SSSR count). The number of nitriles is 1. The molecular weight excluding hydrogens is 200 g/mol. The third-order valence-electron chi connectivity index (χ3n) is 2.58. The molecule has 0 N–H and O–H groups in total. The minimum Gasteiger partial charge on any atom is -0.492 e. The summed E-state index contributed by atoms with van der Waals surface area (Å²) >= 11 is 0. The van der Waals surface area contributed by atoms with Crippen molar-refractivity contribution in [3.63, 3.8) is 0 Å². The number of hydrogen-bond donors (Lipinski definition) is 0. The molecule has 3 heteroatoms. The Balaban J connectivity index is 2.35. The van der Waals surface area contributed by atoms with Crippen LogP contribution in [0.15, 0.2) is 24.3 Å². The van der Waals surface area contributed by atoms with Gasteiger partial charge < -0.3 is 9.64 Å². The van der Waals surface area contributed by atoms with E-state index in [-0.39, 0.29) is 0 Å². The molecule has 0 heterocycles. The minimum absolute atomic E-state index is 0.532. The van der Waals surface area contributed by atoms with Crippen LogP contribution in [0.2, 0.25) is 0 Å². The van der Waals surface area contributed by atoms with Crippen LogP contribution in [0, 0.1) is 11.3 Å². The third-order valence-corrected chi connectivity index (χ3v) is 2.58. The van der Waals surface area contributed by atoms with E-state index in [1.807, 2.05) is 12.1 Å². The van der Waals surface area contributed by atoms with Crippen molar-refractivity contribution in [3.05, 3.63) is 29.8 Å². The van der Waals surface area contributed by atoms with Gasteiger partial charge in [-0.25, -0.2) is 0 Å². The fraction of sp³-hybridized carbons (Fsp3) is 0.462. The highest BCUT2D eigenvalue weighted by atomic mass is 16.5. The zero-order valence-corrected chi connectivity index (χ0v) is 10.1. The molecule has 1 aromatic rings. The van der Waals surface area contributed by atoms with Crippen LogP contribution in [-0.4, -0.2) is 31.1 Å². The number of rotatable bonds is 5. The first-order valence-electron chi connectivity index (χ1n) is 5.46. The molecule has 0 atom stereocenters. The monoisotopic (exact) mass is 218 g/mol. The summed E-state index contributed by atoms with van der Waals surface area (Å²) in [5.74, 6) is 0.816. The van der Waals surface area contributed by atoms with Gasteiger partial charge in [-0.3, -0.25) is 0 Å². The van der Waals surface area contributed by atoms with Gasteiger partial charge >= 0.3 is 0 Å². The highest BCUT2D eigenvalue weighted by Gasteiger charge is 2.02. The summed E-state index contributed by atoms with van der Waals surface area (Å²) in [4.78, 5) is 2.23. The Labute approximate surface area is 97.3 Å². The quantitative estimate of drug-likeness (QED) is 0.760. The zero-order chi connectivity index (χ0) is 12.0. The summed E-state index contributed by atoms with van der Waals surface area (Å²) in [5, 5.41) is 8.64. The van der Waals surface area contributed by atoms with Crippen molar-refractivity contribution in [3.8, 4) is 11.8 Å². The van der Waals surface area contributed by atoms with Gasteiger partial charge in [0.1, 0.15) is 12.4 Å². The van der Waals surface area contributed by atoms with Crippen molar-refractivity contribution in [2.24, 2.45) is 0 Å². The Morgan fingerprint density at radius 2 is 1.94 bits per heavy atom. The molecule has 0 saturated carbocycles. The van der Waals surface area contributed by atoms with Gasteiger partial charge in [-0.05, 0) is 45.2 Å². The van der Waals surface area contributed by atoms with Crippen LogP contribution in [0.1, 0.15) is 19.4 Å². The van der Waals surface area contributed by atoms with E-state index >= 15 is 0 Å². The largest absolute Gasteiger partial charge is 0.492 e. The highest BCUT2D eigenvalue weighted by molar-refractivity contribution is 5.34. The Morgan fingerprint density at radius 1 is 1.31 bits per heavy atom. The maximum atomic E-state index is 8.64. The molecular formula is C13H18N2O. The second-order valence-electron chi connectivity index (χ2n) is 4.06. The van der Waals surface area contributed by atoms with Crippen molar-refractivity contribution in [2.75, 3.05) is 20.2 Å². The molecule has 0 unspecified atom stereocenters. The van der Waals surface area contributed by atoms with E-state index in [9.17, 15) is 0 Å². The van der Waals surface area contributed by atoms with E-state index in [0.29, 0.717) is 18.2 Å². The first-order chi connectivity index (χ1) is 7.63. The molecule has 3 nitrogen and oxygen atoms in total. The van der Waals surface area contributed by atoms with Crippen molar-refractivity contribution < 1.29 is 4.74 Å². The standard InChI is InChI=1S/C13H18N2O/c1-11(2)15(3)8-9-16-13-6-4-12(10-14)5-7-13/h4-7,11H,8-9H2,1-3H3. The molecule has 0 aliphatic carbocycles. The average Bonchev–Trinajstić information content (AvgIpc) is 2.29. The molecule has 0 aliphatic rings. The van der Waals surface area contributed by atoms with E-state index in [1.165, 1.54) is 0 Å². The topological polar surface area (TPSA) is 36.3 Å². The van der Waals surface area contributed by atoms with E-state index in [4.69, 9.17) is 10.00 Å². The molecule has 0 aromatic heterocycles. The maximum absolute atomic E-state index is 8.64. The predicted molar refractivity (Wildman–Crippen MR) is 64.4 cm³/mol. The second kappa shape index (κ2) is 6.14. The number of likely N-dealkylation sites (N-methyl/N-ethyl adjacent to an activating group) is 1. The van der Waals surface area contributed by atoms with Gasteiger partial charge in [0, 0.05) is 12.6 Å². The van der Waals surface area contributed by atoms with Gasteiger partial charge in [-0.1, -0.05) is 0 Å². The molecule has 0 aliphatic heterocycles. The Morgan fingerprint density at radius 3 is 2.44 bits per heavy atom. The predicted octanol–water partition coefficient (Wildman–Crippen LogP) is 2.28. The second-order valence-corrected chi connectivity index (χ2v) is 4.06. The van der Waals surface area contributed by atoms with Crippen LogP contribution in [0.25, 0.3) is 0 Å². The molecule has 0 saturated heterocycles. The fourth-order valence-electron chi connectivity index (χ4n) is 1.19. The highest BCUT2D eigenvalue weighted by Crippen LogP contribution is 2.11. The van der Waals surface area contributed by atoms with Crippen LogP contribution in [-0.2, 0) is 0 Å². The molecule has 0 amide bonds. The van der Waals surface area contributed by atoms with Gasteiger partial charge in [0.2, 0.25) is 0 Å². The van der Waals surface area contributed by atoms with Gasteiger partial charge in [0.15, 0.2) is 0 Å². The van der Waals surface area contributed by atoms with Crippen LogP contribution in [0.4, 0.5) is 0 Å². The van der Waals surface area contributed by atoms with E-state index in [2.05, 4.69) is 31.9 Å². The molecule has 0 spiro atoms. The number of benzene rings is 1. The summed E-state index contributed by atoms with van der Waals surface area (Å²) < 4.78 is 5.58. The van der Waals surface area contributed by atoms with E-state index in [1.54, 1.807) is 12.1 Å². The maximum Gasteiger partial charge on any atom is 0.119 e. The molecule has 0 bridgehead atoms. The summed E-state index contributed by atoms with van der Waals surface area (Å²) in [5.41, 5.74) is 0.659. The molecule has 0 radical (unpaired) electrons. The lowest BCUT2D eigenvalue weighted by molar-refractivity contribution is 0.208. The number of ether oxygens (including phenoxy) is 1. The minimum atomic E-state index is 0.532. The number of hydrogen-bond acceptors (Lipinski definition) is 3. The summed E-state index contributed by atoms with van der Waals surface area (Å²) in [6, 6.07) is 9.80. The average molecular weight is 218 g/mol. The van der Waals surface area contributed by atoms with Gasteiger partial charge in [-0.15, -0.1) is 0 Å². The van der Waals surface area contributed by atoms with Crippen LogP contribution >= 0.6 is 0 Å². The SMILES string of the molecule is CC(C)N(C)CCOc1ccc(C#N)cc1. The normalized spacial score (nSPS) is 10.5. The summed E-state index contributed by atoms with van der Waals surface area (Å²) in [7, 11) is 2.08. The Hall–Kier alpha value is -1.53. The van der Waals surface area contributed by atoms with E-state index in [0.717, 1.165) is 12.3 Å². The molecule has 0 fully saturated rings. The van der Waals surface area contributed by atoms with Crippen LogP contribution in [0.5, 0.6) is 5.75 Å². The van der Waals surface area contributed by atoms with Crippen molar-refractivity contribution in [1.29, 1.82) is 5.26 Å². The fourth-order valence-corrected chi connectivity index (χ4v) is 1.19. The Bertz CT molecular complexity index is 351. The van der Waals surface area contributed by atoms with Crippen molar-refractivity contribution >= 4 is 0 Å². The Kier molecular flexibility index (Phi) is 4.81. The first kappa shape index (κ1) is 12.5. The van der Waals surface area contributed by atoms with Gasteiger partial charge in [-0.2, -0.15) is 5.26 Å². The molecule has 16 heavy (non-hydrogen) atoms. The van der Waals surface area contributed by atoms with Gasteiger partial charge in [0.05, 0.1) is 11.6 Å². The molecule has 1 aromatic carbocycles. The van der Waals surface area contributed by atoms with Crippen molar-refractivity contribution in [1.82, 2.24) is 4.90 Å². The third kappa shape index (κ3) is 3.92. The summed E-state index contributed by atoms with van der Waals surface area (Å²) in [6.07, 6.45) is 0. The molecule has 86 valence electrons. The smallest absolute Gasteiger partial charge is 0.119 e. The van der Waals surface area contributed by atoms with Gasteiger partial charge in [0.25, 0.3) is 0 Å². The van der Waals surface area contributed by atoms with Crippen LogP contribution in [0.3, 0.4) is 0 Å². The lowest BCUT2D eigenvalue weighted by Crippen LogP contribution is -2.30. The lowest BCUT2D eigenvalue weighted by atomic mass is 10.2. The lowest BCUT2D eigenvalue weighted by Gasteiger charge is -2.20. The summed E-state index contributed by atoms with van der Waals surface area (Å²) in [6.45, 7) is 5.88.